The predicted molar refractivity (Wildman–Crippen MR) is 13.3 cm³/mol. The van der Waals surface area contributed by atoms with E-state index < -0.39 is 14.7 Å². The molecule has 0 spiro atoms. The molecule has 0 saturated heterocycles. The van der Waals surface area contributed by atoms with E-state index in [1.807, 2.05) is 0 Å². The second-order valence-electron chi connectivity index (χ2n) is 0.0962. The maximum atomic E-state index is 8.77. The molecule has 1 nitrogen and oxygen atoms in total. The van der Waals surface area contributed by atoms with E-state index in [0.717, 1.165) is 0 Å². The second-order valence-corrected chi connectivity index (χ2v) is 0.500. The fourth-order valence-corrected chi connectivity index (χ4v) is 0. The summed E-state index contributed by atoms with van der Waals surface area (Å²) in [7, 11) is 0. The van der Waals surface area contributed by atoms with Gasteiger partial charge in [-0.2, -0.15) is 0 Å². The molecule has 0 aromatic carbocycles. The van der Waals surface area contributed by atoms with Crippen LogP contribution in [0.4, 0.5) is 0 Å². The molecule has 0 N–H and O–H groups in total. The van der Waals surface area contributed by atoms with Gasteiger partial charge in [0.25, 0.3) is 0 Å². The van der Waals surface area contributed by atoms with Crippen LogP contribution in [0.2, 0.25) is 0 Å². The van der Waals surface area contributed by atoms with E-state index in [0.29, 0.717) is 0 Å². The molecule has 0 saturated carbocycles. The van der Waals surface area contributed by atoms with E-state index in [1.54, 1.807) is 0 Å². The van der Waals surface area contributed by atoms with Crippen molar-refractivity contribution in [2.24, 2.45) is 0 Å². The summed E-state index contributed by atoms with van der Waals surface area (Å²) in [5, 5.41) is 0. The van der Waals surface area contributed by atoms with Gasteiger partial charge in [0.1, 0.15) is 0 Å². The molecule has 0 amide bonds. The van der Waals surface area contributed by atoms with Gasteiger partial charge in [0, 0.05) is 0 Å². The van der Waals surface area contributed by atoms with Gasteiger partial charge in [0.05, 0.1) is 0 Å². The SMILES string of the molecule is [B][Se+]=O.[H-].[Li+]. The summed E-state index contributed by atoms with van der Waals surface area (Å²) >= 11 is -0.875. The van der Waals surface area contributed by atoms with Crippen LogP contribution in [-0.4, -0.2) is 21.4 Å². The van der Waals surface area contributed by atoms with Crippen LogP contribution in [-0.2, 0) is 3.83 Å². The molecule has 0 heterocycles. The molecule has 0 atom stereocenters. The third kappa shape index (κ3) is 12.1. The molecule has 0 unspecified atom stereocenters. The Morgan fingerprint density at radius 1 is 2.00 bits per heavy atom. The summed E-state index contributed by atoms with van der Waals surface area (Å²) in [6.45, 7) is 4.35. The van der Waals surface area contributed by atoms with Crippen molar-refractivity contribution in [1.82, 2.24) is 0 Å². The summed E-state index contributed by atoms with van der Waals surface area (Å²) < 4.78 is 8.77. The first-order valence-electron chi connectivity index (χ1n) is 0.402. The maximum Gasteiger partial charge on any atom is 1.00 e. The van der Waals surface area contributed by atoms with Crippen LogP contribution in [0.5, 0.6) is 0 Å². The molecule has 4 heteroatoms. The predicted octanol–water partition coefficient (Wildman–Crippen LogP) is -3.76. The van der Waals surface area contributed by atoms with Crippen molar-refractivity contribution in [2.45, 2.75) is 0 Å². The van der Waals surface area contributed by atoms with E-state index in [9.17, 15) is 0 Å². The van der Waals surface area contributed by atoms with Gasteiger partial charge in [0.15, 0.2) is 0 Å². The van der Waals surface area contributed by atoms with Crippen LogP contribution in [0, 0.1) is 0 Å². The van der Waals surface area contributed by atoms with Gasteiger partial charge in [0.2, 0.25) is 0 Å². The van der Waals surface area contributed by atoms with Gasteiger partial charge in [-0.15, -0.1) is 0 Å². The standard InChI is InChI=1S/BOSe.Li.H/c1-3-2;;/q2*+1;-1. The van der Waals surface area contributed by atoms with Crippen LogP contribution in [0.25, 0.3) is 0 Å². The Bertz CT molecular complexity index is 19.1. The van der Waals surface area contributed by atoms with Gasteiger partial charge in [-0.1, -0.05) is 0 Å². The fraction of sp³-hybridized carbons (Fsp3) is 0. The topological polar surface area (TPSA) is 17.1 Å². The Morgan fingerprint density at radius 3 is 2.00 bits per heavy atom. The quantitative estimate of drug-likeness (QED) is 0.295. The van der Waals surface area contributed by atoms with Crippen LogP contribution in [0.15, 0.2) is 0 Å². The first kappa shape index (κ1) is 8.88. The maximum absolute atomic E-state index is 8.77. The zero-order chi connectivity index (χ0) is 2.71. The third-order valence-electron chi connectivity index (χ3n) is 0. The number of hydrogen-bond donors (Lipinski definition) is 0. The first-order chi connectivity index (χ1) is 1.41. The fourth-order valence-electron chi connectivity index (χ4n) is 0. The third-order valence-corrected chi connectivity index (χ3v) is 0. The Labute approximate surface area is 45.8 Å². The summed E-state index contributed by atoms with van der Waals surface area (Å²) in [4.78, 5) is 0. The summed E-state index contributed by atoms with van der Waals surface area (Å²) in [6.07, 6.45) is 0. The normalized spacial score (nSPS) is 3.00. The zero-order valence-corrected chi connectivity index (χ0v) is 4.11. The monoisotopic (exact) mass is 115 g/mol. The molecule has 2 radical (unpaired) electrons. The molecule has 0 aliphatic carbocycles. The largest absolute Gasteiger partial charge is 1.00 e. The van der Waals surface area contributed by atoms with Crippen LogP contribution >= 0.6 is 0 Å². The molecule has 0 aliphatic rings. The minimum atomic E-state index is -0.875. The molecule has 0 aromatic heterocycles. The summed E-state index contributed by atoms with van der Waals surface area (Å²) in [6, 6.07) is 0. The van der Waals surface area contributed by atoms with Crippen molar-refractivity contribution in [3.8, 4) is 0 Å². The van der Waals surface area contributed by atoms with Crippen molar-refractivity contribution >= 4 is 21.4 Å². The van der Waals surface area contributed by atoms with Crippen molar-refractivity contribution < 1.29 is 24.1 Å². The molecule has 0 bridgehead atoms. The van der Waals surface area contributed by atoms with Crippen molar-refractivity contribution in [1.29, 1.82) is 0 Å². The summed E-state index contributed by atoms with van der Waals surface area (Å²) in [5.74, 6) is 0. The number of hydrogen-bond acceptors (Lipinski definition) is 1. The average Bonchev–Trinajstić information content (AvgIpc) is 0.918. The van der Waals surface area contributed by atoms with Gasteiger partial charge in [-0.25, -0.2) is 0 Å². The van der Waals surface area contributed by atoms with Crippen LogP contribution in [0.1, 0.15) is 1.43 Å². The second kappa shape index (κ2) is 9.01. The van der Waals surface area contributed by atoms with E-state index in [2.05, 4.69) is 6.66 Å². The summed E-state index contributed by atoms with van der Waals surface area (Å²) in [5.41, 5.74) is 0. The minimum absolute atomic E-state index is 0. The first-order valence-corrected chi connectivity index (χ1v) is 2.09. The average molecular weight is 114 g/mol. The Hall–Kier alpha value is 0.982. The number of rotatable bonds is 0. The van der Waals surface area contributed by atoms with Crippen LogP contribution < -0.4 is 18.9 Å². The smallest absolute Gasteiger partial charge is 1.00 e. The Morgan fingerprint density at radius 2 is 2.00 bits per heavy atom. The van der Waals surface area contributed by atoms with E-state index in [1.165, 1.54) is 0 Å². The molecule has 0 aromatic rings. The van der Waals surface area contributed by atoms with Crippen molar-refractivity contribution in [3.63, 3.8) is 0 Å². The Balaban J connectivity index is -0.0000000200. The molecule has 4 heavy (non-hydrogen) atoms. The molecular formula is HBLiOSe+. The van der Waals surface area contributed by atoms with Gasteiger partial charge < -0.3 is 1.43 Å². The van der Waals surface area contributed by atoms with Crippen molar-refractivity contribution in [3.05, 3.63) is 0 Å². The molecule has 0 fully saturated rings. The van der Waals surface area contributed by atoms with Crippen LogP contribution in [0.3, 0.4) is 0 Å². The van der Waals surface area contributed by atoms with Gasteiger partial charge in [-0.05, 0) is 0 Å². The Kier molecular flexibility index (Phi) is 20.0. The van der Waals surface area contributed by atoms with E-state index in [-0.39, 0.29) is 20.3 Å². The zero-order valence-electron chi connectivity index (χ0n) is 3.39. The molecule has 0 aliphatic heterocycles. The van der Waals surface area contributed by atoms with Crippen molar-refractivity contribution in [2.75, 3.05) is 0 Å². The molecule has 16 valence electrons. The van der Waals surface area contributed by atoms with E-state index >= 15 is 0 Å². The van der Waals surface area contributed by atoms with Gasteiger partial charge >= 0.3 is 44.1 Å². The van der Waals surface area contributed by atoms with E-state index in [4.69, 9.17) is 3.83 Å². The minimum Gasteiger partial charge on any atom is -1.00 e. The molecular weight excluding hydrogens is 113 g/mol. The molecule has 0 rings (SSSR count). The van der Waals surface area contributed by atoms with Gasteiger partial charge in [-0.3, -0.25) is 0 Å².